The first kappa shape index (κ1) is 11.8. The summed E-state index contributed by atoms with van der Waals surface area (Å²) in [7, 11) is 0. The predicted octanol–water partition coefficient (Wildman–Crippen LogP) is 5.25. The van der Waals surface area contributed by atoms with E-state index in [1.165, 1.54) is 32.3 Å². The Labute approximate surface area is 116 Å². The van der Waals surface area contributed by atoms with Gasteiger partial charge in [-0.25, -0.2) is 5.41 Å². The smallest absolute Gasteiger partial charge is 0.0554 e. The number of benzene rings is 4. The summed E-state index contributed by atoms with van der Waals surface area (Å²) in [6.45, 7) is 0. The minimum atomic E-state index is 1.34. The van der Waals surface area contributed by atoms with Crippen molar-refractivity contribution in [3.05, 3.63) is 60.7 Å². The SMILES string of the molecule is N=C=S.c1cc2ccc3cccc4ccc(c1)c2c34. The summed E-state index contributed by atoms with van der Waals surface area (Å²) < 4.78 is 0. The van der Waals surface area contributed by atoms with E-state index in [1.807, 2.05) is 0 Å². The Morgan fingerprint density at radius 1 is 0.632 bits per heavy atom. The van der Waals surface area contributed by atoms with E-state index >= 15 is 0 Å². The van der Waals surface area contributed by atoms with E-state index in [9.17, 15) is 0 Å². The molecule has 0 heterocycles. The lowest BCUT2D eigenvalue weighted by Gasteiger charge is -2.09. The Kier molecular flexibility index (Phi) is 2.96. The largest absolute Gasteiger partial charge is 0.248 e. The fraction of sp³-hybridized carbons (Fsp3) is 0. The van der Waals surface area contributed by atoms with Crippen LogP contribution < -0.4 is 0 Å². The Hall–Kier alpha value is -2.28. The molecular formula is C17H11NS. The Morgan fingerprint density at radius 2 is 0.895 bits per heavy atom. The second-order valence-corrected chi connectivity index (χ2v) is 4.60. The monoisotopic (exact) mass is 261 g/mol. The van der Waals surface area contributed by atoms with Gasteiger partial charge in [0, 0.05) is 0 Å². The van der Waals surface area contributed by atoms with Crippen LogP contribution in [0.15, 0.2) is 60.7 Å². The minimum Gasteiger partial charge on any atom is -0.248 e. The van der Waals surface area contributed by atoms with Crippen LogP contribution in [0.1, 0.15) is 0 Å². The predicted molar refractivity (Wildman–Crippen MR) is 85.5 cm³/mol. The van der Waals surface area contributed by atoms with Gasteiger partial charge in [-0.15, -0.1) is 0 Å². The van der Waals surface area contributed by atoms with Crippen LogP contribution >= 0.6 is 12.2 Å². The van der Waals surface area contributed by atoms with Gasteiger partial charge in [0.05, 0.1) is 5.16 Å². The van der Waals surface area contributed by atoms with Gasteiger partial charge < -0.3 is 0 Å². The Bertz CT molecular complexity index is 759. The van der Waals surface area contributed by atoms with Crippen LogP contribution in [-0.2, 0) is 0 Å². The highest BCUT2D eigenvalue weighted by molar-refractivity contribution is 7.78. The van der Waals surface area contributed by atoms with E-state index < -0.39 is 0 Å². The molecule has 0 spiro atoms. The number of nitrogens with one attached hydrogen (secondary N) is 1. The zero-order valence-electron chi connectivity index (χ0n) is 10.2. The van der Waals surface area contributed by atoms with Crippen molar-refractivity contribution < 1.29 is 0 Å². The van der Waals surface area contributed by atoms with E-state index in [-0.39, 0.29) is 0 Å². The van der Waals surface area contributed by atoms with Gasteiger partial charge in [-0.1, -0.05) is 60.7 Å². The van der Waals surface area contributed by atoms with Gasteiger partial charge >= 0.3 is 0 Å². The third-order valence-corrected chi connectivity index (χ3v) is 3.39. The maximum Gasteiger partial charge on any atom is 0.0554 e. The molecule has 0 aromatic heterocycles. The highest BCUT2D eigenvalue weighted by atomic mass is 32.1. The molecule has 4 aromatic carbocycles. The minimum absolute atomic E-state index is 1.34. The van der Waals surface area contributed by atoms with E-state index in [0.717, 1.165) is 0 Å². The van der Waals surface area contributed by atoms with Crippen molar-refractivity contribution in [3.63, 3.8) is 0 Å². The number of rotatable bonds is 0. The van der Waals surface area contributed by atoms with Gasteiger partial charge in [-0.2, -0.15) is 0 Å². The lowest BCUT2D eigenvalue weighted by molar-refractivity contribution is 1.61. The van der Waals surface area contributed by atoms with E-state index in [4.69, 9.17) is 5.41 Å². The van der Waals surface area contributed by atoms with E-state index in [2.05, 4.69) is 72.9 Å². The third-order valence-electron chi connectivity index (χ3n) is 3.39. The Balaban J connectivity index is 0.000000339. The van der Waals surface area contributed by atoms with Crippen molar-refractivity contribution in [3.8, 4) is 0 Å². The van der Waals surface area contributed by atoms with Crippen LogP contribution in [0.2, 0.25) is 0 Å². The Morgan fingerprint density at radius 3 is 1.16 bits per heavy atom. The van der Waals surface area contributed by atoms with Crippen molar-refractivity contribution in [1.29, 1.82) is 5.41 Å². The van der Waals surface area contributed by atoms with Crippen LogP contribution in [-0.4, -0.2) is 5.16 Å². The van der Waals surface area contributed by atoms with Crippen molar-refractivity contribution >= 4 is 49.7 Å². The quantitative estimate of drug-likeness (QED) is 0.261. The van der Waals surface area contributed by atoms with Crippen molar-refractivity contribution in [1.82, 2.24) is 0 Å². The zero-order valence-corrected chi connectivity index (χ0v) is 11.0. The number of thiocarbonyl (C=S) groups is 1. The zero-order chi connectivity index (χ0) is 13.2. The summed E-state index contributed by atoms with van der Waals surface area (Å²) >= 11 is 3.81. The van der Waals surface area contributed by atoms with Crippen LogP contribution in [0, 0.1) is 5.41 Å². The molecule has 4 rings (SSSR count). The topological polar surface area (TPSA) is 23.9 Å². The normalized spacial score (nSPS) is 10.3. The summed E-state index contributed by atoms with van der Waals surface area (Å²) in [5.74, 6) is 0. The highest BCUT2D eigenvalue weighted by Crippen LogP contribution is 2.33. The molecule has 0 aliphatic carbocycles. The van der Waals surface area contributed by atoms with Crippen LogP contribution in [0.3, 0.4) is 0 Å². The molecule has 0 bridgehead atoms. The molecule has 4 aromatic rings. The highest BCUT2D eigenvalue weighted by Gasteiger charge is 2.05. The fourth-order valence-corrected chi connectivity index (χ4v) is 2.67. The van der Waals surface area contributed by atoms with Gasteiger partial charge in [0.15, 0.2) is 0 Å². The fourth-order valence-electron chi connectivity index (χ4n) is 2.67. The second kappa shape index (κ2) is 4.77. The average Bonchev–Trinajstić information content (AvgIpc) is 2.46. The molecule has 0 aliphatic heterocycles. The van der Waals surface area contributed by atoms with Crippen LogP contribution in [0.4, 0.5) is 0 Å². The van der Waals surface area contributed by atoms with Gasteiger partial charge in [0.2, 0.25) is 0 Å². The summed E-state index contributed by atoms with van der Waals surface area (Å²) in [5.41, 5.74) is 0. The summed E-state index contributed by atoms with van der Waals surface area (Å²) in [6.07, 6.45) is 0. The van der Waals surface area contributed by atoms with Crippen molar-refractivity contribution in [2.24, 2.45) is 0 Å². The molecule has 1 N–H and O–H groups in total. The number of isothiocyanates is 1. The second-order valence-electron chi connectivity index (χ2n) is 4.39. The van der Waals surface area contributed by atoms with E-state index in [0.29, 0.717) is 0 Å². The average molecular weight is 261 g/mol. The van der Waals surface area contributed by atoms with Gasteiger partial charge in [0.1, 0.15) is 0 Å². The standard InChI is InChI=1S/C16H10.CHNS/c1-3-11-7-9-13-5-2-6-14-10-8-12(4-1)15(11)16(13)14;2-1-3/h1-10H;2H. The molecule has 0 radical (unpaired) electrons. The van der Waals surface area contributed by atoms with Crippen molar-refractivity contribution in [2.75, 3.05) is 0 Å². The molecule has 0 saturated carbocycles. The molecule has 0 saturated heterocycles. The van der Waals surface area contributed by atoms with Gasteiger partial charge in [-0.3, -0.25) is 0 Å². The van der Waals surface area contributed by atoms with E-state index in [1.54, 1.807) is 5.16 Å². The molecule has 90 valence electrons. The first-order valence-electron chi connectivity index (χ1n) is 6.01. The molecule has 0 amide bonds. The van der Waals surface area contributed by atoms with Gasteiger partial charge in [-0.05, 0) is 44.5 Å². The molecule has 0 fully saturated rings. The summed E-state index contributed by atoms with van der Waals surface area (Å²) in [6, 6.07) is 21.9. The lowest BCUT2D eigenvalue weighted by Crippen LogP contribution is -1.82. The molecule has 19 heavy (non-hydrogen) atoms. The first-order valence-corrected chi connectivity index (χ1v) is 6.42. The number of hydrogen-bond donors (Lipinski definition) is 1. The first-order chi connectivity index (χ1) is 9.35. The van der Waals surface area contributed by atoms with Crippen molar-refractivity contribution in [2.45, 2.75) is 0 Å². The number of hydrogen-bond acceptors (Lipinski definition) is 2. The lowest BCUT2D eigenvalue weighted by atomic mass is 9.95. The summed E-state index contributed by atoms with van der Waals surface area (Å²) in [5, 5.41) is 15.5. The molecular weight excluding hydrogens is 250 g/mol. The molecule has 2 heteroatoms. The molecule has 0 atom stereocenters. The third kappa shape index (κ3) is 1.88. The maximum atomic E-state index is 5.77. The van der Waals surface area contributed by atoms with Crippen LogP contribution in [0.25, 0.3) is 32.3 Å². The summed E-state index contributed by atoms with van der Waals surface area (Å²) in [4.78, 5) is 0. The molecule has 0 aliphatic rings. The van der Waals surface area contributed by atoms with Gasteiger partial charge in [0.25, 0.3) is 0 Å². The molecule has 1 nitrogen and oxygen atoms in total. The molecule has 0 unspecified atom stereocenters. The maximum absolute atomic E-state index is 5.77. The van der Waals surface area contributed by atoms with Crippen LogP contribution in [0.5, 0.6) is 0 Å².